The lowest BCUT2D eigenvalue weighted by Crippen LogP contribution is -2.37. The van der Waals surface area contributed by atoms with Gasteiger partial charge in [0.2, 0.25) is 0 Å². The first-order valence-corrected chi connectivity index (χ1v) is 6.53. The van der Waals surface area contributed by atoms with Crippen molar-refractivity contribution in [2.45, 2.75) is 31.4 Å². The predicted octanol–water partition coefficient (Wildman–Crippen LogP) is 2.35. The number of halogens is 2. The molecule has 0 aliphatic heterocycles. The molecule has 1 fully saturated rings. The molecule has 1 aliphatic rings. The normalized spacial score (nSPS) is 17.8. The summed E-state index contributed by atoms with van der Waals surface area (Å²) < 4.78 is 13.9. The average Bonchev–Trinajstić information content (AvgIpc) is 2.22. The maximum Gasteiger partial charge on any atom is 0.147 e. The van der Waals surface area contributed by atoms with Crippen LogP contribution >= 0.6 is 15.9 Å². The number of nitrogens with two attached hydrogens (primary N) is 1. The molecule has 0 aromatic heterocycles. The van der Waals surface area contributed by atoms with Gasteiger partial charge in [-0.1, -0.05) is 6.42 Å². The Morgan fingerprint density at radius 3 is 2.76 bits per heavy atom. The third-order valence-corrected chi connectivity index (χ3v) is 3.85. The van der Waals surface area contributed by atoms with Crippen LogP contribution in [0.3, 0.4) is 0 Å². The lowest BCUT2D eigenvalue weighted by molar-refractivity contribution is 0.161. The Morgan fingerprint density at radius 2 is 2.24 bits per heavy atom. The van der Waals surface area contributed by atoms with E-state index in [1.54, 1.807) is 6.07 Å². The summed E-state index contributed by atoms with van der Waals surface area (Å²) in [6.45, 7) is 0.445. The van der Waals surface area contributed by atoms with Crippen LogP contribution in [0.4, 0.5) is 10.1 Å². The van der Waals surface area contributed by atoms with Crippen molar-refractivity contribution in [3.63, 3.8) is 0 Å². The number of benzene rings is 1. The van der Waals surface area contributed by atoms with Gasteiger partial charge in [0.25, 0.3) is 0 Å². The van der Waals surface area contributed by atoms with Crippen molar-refractivity contribution in [3.8, 4) is 0 Å². The van der Waals surface area contributed by atoms with E-state index in [0.29, 0.717) is 22.6 Å². The molecule has 2 rings (SSSR count). The molecule has 1 saturated carbocycles. The van der Waals surface area contributed by atoms with Gasteiger partial charge in [0, 0.05) is 17.1 Å². The molecule has 1 atom stereocenters. The van der Waals surface area contributed by atoms with Crippen molar-refractivity contribution in [3.05, 3.63) is 28.0 Å². The number of rotatable bonds is 4. The molecule has 0 spiro atoms. The molecule has 4 N–H and O–H groups in total. The van der Waals surface area contributed by atoms with Crippen LogP contribution in [0.15, 0.2) is 16.6 Å². The molecular weight excluding hydrogens is 287 g/mol. The highest BCUT2D eigenvalue weighted by molar-refractivity contribution is 9.10. The Kier molecular flexibility index (Phi) is 4.01. The lowest BCUT2D eigenvalue weighted by atomic mass is 9.93. The fraction of sp³-hybridized carbons (Fsp3) is 0.500. The number of aliphatic hydroxyl groups is 1. The smallest absolute Gasteiger partial charge is 0.147 e. The van der Waals surface area contributed by atoms with E-state index in [0.717, 1.165) is 12.8 Å². The van der Waals surface area contributed by atoms with E-state index in [1.807, 2.05) is 0 Å². The molecule has 5 heteroatoms. The fourth-order valence-corrected chi connectivity index (χ4v) is 2.26. The molecule has 1 aromatic rings. The van der Waals surface area contributed by atoms with E-state index in [2.05, 4.69) is 21.2 Å². The fourth-order valence-electron chi connectivity index (χ4n) is 1.80. The maximum atomic E-state index is 13.4. The van der Waals surface area contributed by atoms with E-state index in [-0.39, 0.29) is 5.69 Å². The molecule has 0 heterocycles. The van der Waals surface area contributed by atoms with Gasteiger partial charge in [-0.2, -0.15) is 0 Å². The summed E-state index contributed by atoms with van der Waals surface area (Å²) in [6.07, 6.45) is 2.86. The third kappa shape index (κ3) is 2.97. The van der Waals surface area contributed by atoms with Gasteiger partial charge in [-0.15, -0.1) is 0 Å². The number of nitrogens with one attached hydrogen (secondary N) is 1. The molecule has 0 amide bonds. The summed E-state index contributed by atoms with van der Waals surface area (Å²) in [5, 5.41) is 13.2. The minimum absolute atomic E-state index is 0.0768. The van der Waals surface area contributed by atoms with Gasteiger partial charge in [0.05, 0.1) is 11.8 Å². The standard InChI is InChI=1S/C12H16BrFN2O/c13-9-4-7(5-10(14)12(9)15)11(17)6-16-8-2-1-3-8/h4-5,8,11,16-17H,1-3,6,15H2. The quantitative estimate of drug-likeness (QED) is 0.748. The third-order valence-electron chi connectivity index (χ3n) is 3.19. The van der Waals surface area contributed by atoms with E-state index in [1.165, 1.54) is 12.5 Å². The Bertz CT molecular complexity index is 386. The zero-order valence-corrected chi connectivity index (χ0v) is 11.0. The topological polar surface area (TPSA) is 58.3 Å². The molecule has 1 aliphatic carbocycles. The van der Waals surface area contributed by atoms with Crippen LogP contribution in [-0.2, 0) is 0 Å². The minimum Gasteiger partial charge on any atom is -0.395 e. The SMILES string of the molecule is Nc1c(F)cc(C(O)CNC2CCC2)cc1Br. The second-order valence-electron chi connectivity index (χ2n) is 4.45. The van der Waals surface area contributed by atoms with Gasteiger partial charge in [0.1, 0.15) is 5.82 Å². The largest absolute Gasteiger partial charge is 0.395 e. The van der Waals surface area contributed by atoms with Crippen LogP contribution in [0.1, 0.15) is 30.9 Å². The lowest BCUT2D eigenvalue weighted by Gasteiger charge is -2.27. The summed E-state index contributed by atoms with van der Waals surface area (Å²) in [4.78, 5) is 0. The Balaban J connectivity index is 2.00. The maximum absolute atomic E-state index is 13.4. The highest BCUT2D eigenvalue weighted by atomic mass is 79.9. The van der Waals surface area contributed by atoms with Gasteiger partial charge in [-0.3, -0.25) is 0 Å². The van der Waals surface area contributed by atoms with Crippen LogP contribution in [0.5, 0.6) is 0 Å². The van der Waals surface area contributed by atoms with Crippen LogP contribution in [0.25, 0.3) is 0 Å². The van der Waals surface area contributed by atoms with Crippen molar-refractivity contribution >= 4 is 21.6 Å². The van der Waals surface area contributed by atoms with Gasteiger partial charge in [-0.25, -0.2) is 4.39 Å². The predicted molar refractivity (Wildman–Crippen MR) is 69.1 cm³/mol. The molecule has 17 heavy (non-hydrogen) atoms. The van der Waals surface area contributed by atoms with Crippen molar-refractivity contribution in [1.29, 1.82) is 0 Å². The van der Waals surface area contributed by atoms with Crippen LogP contribution in [-0.4, -0.2) is 17.7 Å². The zero-order valence-electron chi connectivity index (χ0n) is 9.42. The Hall–Kier alpha value is -0.650. The van der Waals surface area contributed by atoms with E-state index >= 15 is 0 Å². The van der Waals surface area contributed by atoms with Crippen LogP contribution in [0.2, 0.25) is 0 Å². The molecule has 0 saturated heterocycles. The number of anilines is 1. The molecule has 0 radical (unpaired) electrons. The average molecular weight is 303 g/mol. The zero-order chi connectivity index (χ0) is 12.4. The summed E-state index contributed by atoms with van der Waals surface area (Å²) in [5.41, 5.74) is 6.10. The van der Waals surface area contributed by atoms with E-state index < -0.39 is 11.9 Å². The summed E-state index contributed by atoms with van der Waals surface area (Å²) >= 11 is 3.17. The van der Waals surface area contributed by atoms with Crippen molar-refractivity contribution in [2.75, 3.05) is 12.3 Å². The second-order valence-corrected chi connectivity index (χ2v) is 5.30. The van der Waals surface area contributed by atoms with Crippen molar-refractivity contribution in [2.24, 2.45) is 0 Å². The Morgan fingerprint density at radius 1 is 1.53 bits per heavy atom. The van der Waals surface area contributed by atoms with E-state index in [9.17, 15) is 9.50 Å². The Labute approximate surface area is 108 Å². The second kappa shape index (κ2) is 5.33. The van der Waals surface area contributed by atoms with Crippen molar-refractivity contribution < 1.29 is 9.50 Å². The van der Waals surface area contributed by atoms with Gasteiger partial charge < -0.3 is 16.2 Å². The minimum atomic E-state index is -0.706. The molecule has 94 valence electrons. The molecular formula is C12H16BrFN2O. The van der Waals surface area contributed by atoms with Gasteiger partial charge in [-0.05, 0) is 46.5 Å². The monoisotopic (exact) mass is 302 g/mol. The number of hydrogen-bond acceptors (Lipinski definition) is 3. The van der Waals surface area contributed by atoms with E-state index in [4.69, 9.17) is 5.73 Å². The van der Waals surface area contributed by atoms with Crippen LogP contribution < -0.4 is 11.1 Å². The number of aliphatic hydroxyl groups excluding tert-OH is 1. The highest BCUT2D eigenvalue weighted by Crippen LogP contribution is 2.27. The summed E-state index contributed by atoms with van der Waals surface area (Å²) in [5.74, 6) is -0.503. The number of nitrogen functional groups attached to an aromatic ring is 1. The highest BCUT2D eigenvalue weighted by Gasteiger charge is 2.19. The first-order chi connectivity index (χ1) is 8.08. The van der Waals surface area contributed by atoms with Gasteiger partial charge >= 0.3 is 0 Å². The summed E-state index contributed by atoms with van der Waals surface area (Å²) in [7, 11) is 0. The molecule has 3 nitrogen and oxygen atoms in total. The molecule has 1 aromatic carbocycles. The first kappa shape index (κ1) is 12.8. The number of hydrogen-bond donors (Lipinski definition) is 3. The first-order valence-electron chi connectivity index (χ1n) is 5.74. The van der Waals surface area contributed by atoms with Gasteiger partial charge in [0.15, 0.2) is 0 Å². The molecule has 0 bridgehead atoms. The van der Waals surface area contributed by atoms with Crippen LogP contribution in [0, 0.1) is 5.82 Å². The molecule has 1 unspecified atom stereocenters. The van der Waals surface area contributed by atoms with Crippen molar-refractivity contribution in [1.82, 2.24) is 5.32 Å². The summed E-state index contributed by atoms with van der Waals surface area (Å²) in [6, 6.07) is 3.45.